The van der Waals surface area contributed by atoms with Gasteiger partial charge in [-0.05, 0) is 22.0 Å². The fourth-order valence-corrected chi connectivity index (χ4v) is 1.70. The van der Waals surface area contributed by atoms with Crippen LogP contribution < -0.4 is 10.6 Å². The molecule has 0 fully saturated rings. The van der Waals surface area contributed by atoms with Gasteiger partial charge in [-0.3, -0.25) is 14.9 Å². The molecule has 0 radical (unpaired) electrons. The number of nitro groups is 1. The highest BCUT2D eigenvalue weighted by Gasteiger charge is 2.26. The minimum atomic E-state index is -4.39. The Bertz CT molecular complexity index is 522. The van der Waals surface area contributed by atoms with Gasteiger partial charge in [-0.15, -0.1) is 0 Å². The number of hydrogen-bond acceptors (Lipinski definition) is 4. The zero-order valence-electron chi connectivity index (χ0n) is 9.83. The fourth-order valence-electron chi connectivity index (χ4n) is 1.23. The summed E-state index contributed by atoms with van der Waals surface area (Å²) in [6.07, 6.45) is -4.39. The van der Waals surface area contributed by atoms with Crippen LogP contribution in [0.3, 0.4) is 0 Å². The Balaban J connectivity index is 2.56. The molecular weight excluding hydrogens is 347 g/mol. The summed E-state index contributed by atoms with van der Waals surface area (Å²) in [5, 5.41) is 14.8. The number of amides is 1. The van der Waals surface area contributed by atoms with Crippen molar-refractivity contribution in [3.63, 3.8) is 0 Å². The lowest BCUT2D eigenvalue weighted by Gasteiger charge is -2.09. The second-order valence-electron chi connectivity index (χ2n) is 3.69. The standard InChI is InChI=1S/C10H9BrF3N3O3/c11-7-3-6(17(19)20)1-2-8(7)16-9(18)4-15-5-10(12,13)14/h1-3,15H,4-5H2,(H,16,18). The summed E-state index contributed by atoms with van der Waals surface area (Å²) in [6.45, 7) is -1.80. The van der Waals surface area contributed by atoms with Crippen LogP contribution in [0.5, 0.6) is 0 Å². The molecule has 0 spiro atoms. The Morgan fingerprint density at radius 2 is 2.05 bits per heavy atom. The van der Waals surface area contributed by atoms with Crippen molar-refractivity contribution in [2.75, 3.05) is 18.4 Å². The number of anilines is 1. The molecule has 0 aliphatic rings. The molecule has 1 aromatic rings. The van der Waals surface area contributed by atoms with E-state index in [1.807, 2.05) is 5.32 Å². The van der Waals surface area contributed by atoms with E-state index >= 15 is 0 Å². The maximum Gasteiger partial charge on any atom is 0.401 e. The molecule has 1 aromatic carbocycles. The van der Waals surface area contributed by atoms with Crippen LogP contribution in [-0.2, 0) is 4.79 Å². The predicted molar refractivity (Wildman–Crippen MR) is 68.4 cm³/mol. The van der Waals surface area contributed by atoms with Crippen molar-refractivity contribution in [1.29, 1.82) is 0 Å². The van der Waals surface area contributed by atoms with Crippen LogP contribution >= 0.6 is 15.9 Å². The molecule has 0 aliphatic heterocycles. The Morgan fingerprint density at radius 1 is 1.40 bits per heavy atom. The number of hydrogen-bond donors (Lipinski definition) is 2. The predicted octanol–water partition coefficient (Wildman–Crippen LogP) is 2.45. The lowest BCUT2D eigenvalue weighted by Crippen LogP contribution is -2.35. The number of nitrogens with zero attached hydrogens (tertiary/aromatic N) is 1. The van der Waals surface area contributed by atoms with Crippen LogP contribution in [0.15, 0.2) is 22.7 Å². The lowest BCUT2D eigenvalue weighted by molar-refractivity contribution is -0.384. The Hall–Kier alpha value is -1.68. The van der Waals surface area contributed by atoms with Crippen LogP contribution in [0.25, 0.3) is 0 Å². The van der Waals surface area contributed by atoms with E-state index in [2.05, 4.69) is 21.2 Å². The number of carbonyl (C=O) groups is 1. The number of non-ortho nitro benzene ring substituents is 1. The van der Waals surface area contributed by atoms with Gasteiger partial charge in [0, 0.05) is 16.6 Å². The number of carbonyl (C=O) groups excluding carboxylic acids is 1. The maximum absolute atomic E-state index is 11.9. The van der Waals surface area contributed by atoms with Crippen molar-refractivity contribution < 1.29 is 22.9 Å². The van der Waals surface area contributed by atoms with Crippen LogP contribution in [-0.4, -0.2) is 30.1 Å². The summed E-state index contributed by atoms with van der Waals surface area (Å²) in [7, 11) is 0. The monoisotopic (exact) mass is 355 g/mol. The van der Waals surface area contributed by atoms with Gasteiger partial charge in [0.25, 0.3) is 5.69 Å². The second-order valence-corrected chi connectivity index (χ2v) is 4.54. The second kappa shape index (κ2) is 6.66. The highest BCUT2D eigenvalue weighted by Crippen LogP contribution is 2.26. The molecule has 0 heterocycles. The Kier molecular flexibility index (Phi) is 5.45. The third-order valence-electron chi connectivity index (χ3n) is 2.05. The first-order valence-corrected chi connectivity index (χ1v) is 5.99. The van der Waals surface area contributed by atoms with E-state index in [1.54, 1.807) is 0 Å². The van der Waals surface area contributed by atoms with Gasteiger partial charge in [0.15, 0.2) is 0 Å². The molecular formula is C10H9BrF3N3O3. The SMILES string of the molecule is O=C(CNCC(F)(F)F)Nc1ccc([N+](=O)[O-])cc1Br. The summed E-state index contributed by atoms with van der Waals surface area (Å²) < 4.78 is 35.8. The minimum absolute atomic E-state index is 0.176. The Labute approximate surface area is 119 Å². The zero-order valence-corrected chi connectivity index (χ0v) is 11.4. The van der Waals surface area contributed by atoms with Gasteiger partial charge in [-0.25, -0.2) is 0 Å². The summed E-state index contributed by atoms with van der Waals surface area (Å²) in [4.78, 5) is 21.3. The molecule has 20 heavy (non-hydrogen) atoms. The molecule has 110 valence electrons. The normalized spacial score (nSPS) is 11.2. The average Bonchev–Trinajstić information content (AvgIpc) is 2.29. The smallest absolute Gasteiger partial charge is 0.324 e. The number of alkyl halides is 3. The van der Waals surface area contributed by atoms with Crippen LogP contribution in [0.2, 0.25) is 0 Å². The number of nitro benzene ring substituents is 1. The quantitative estimate of drug-likeness (QED) is 0.627. The molecule has 1 amide bonds. The van der Waals surface area contributed by atoms with Gasteiger partial charge in [0.05, 0.1) is 23.7 Å². The van der Waals surface area contributed by atoms with Crippen LogP contribution in [0, 0.1) is 10.1 Å². The zero-order chi connectivity index (χ0) is 15.3. The number of nitrogens with one attached hydrogen (secondary N) is 2. The minimum Gasteiger partial charge on any atom is -0.324 e. The molecule has 0 bridgehead atoms. The van der Waals surface area contributed by atoms with E-state index < -0.39 is 30.1 Å². The molecule has 6 nitrogen and oxygen atoms in total. The van der Waals surface area contributed by atoms with E-state index in [9.17, 15) is 28.1 Å². The van der Waals surface area contributed by atoms with Crippen molar-refractivity contribution in [2.24, 2.45) is 0 Å². The first-order valence-electron chi connectivity index (χ1n) is 5.20. The van der Waals surface area contributed by atoms with Crippen molar-refractivity contribution in [3.05, 3.63) is 32.8 Å². The maximum atomic E-state index is 11.9. The van der Waals surface area contributed by atoms with Gasteiger partial charge < -0.3 is 10.6 Å². The molecule has 0 saturated carbocycles. The van der Waals surface area contributed by atoms with Gasteiger partial charge in [-0.2, -0.15) is 13.2 Å². The lowest BCUT2D eigenvalue weighted by atomic mass is 10.3. The summed E-state index contributed by atoms with van der Waals surface area (Å²) in [5.74, 6) is -0.691. The molecule has 10 heteroatoms. The van der Waals surface area contributed by atoms with Crippen molar-refractivity contribution in [3.8, 4) is 0 Å². The van der Waals surface area contributed by atoms with Crippen LogP contribution in [0.1, 0.15) is 0 Å². The molecule has 0 aromatic heterocycles. The van der Waals surface area contributed by atoms with E-state index in [4.69, 9.17) is 0 Å². The molecule has 0 atom stereocenters. The molecule has 0 unspecified atom stereocenters. The van der Waals surface area contributed by atoms with Crippen molar-refractivity contribution >= 4 is 33.2 Å². The van der Waals surface area contributed by atoms with Crippen molar-refractivity contribution in [1.82, 2.24) is 5.32 Å². The first-order chi connectivity index (χ1) is 9.19. The summed E-state index contributed by atoms with van der Waals surface area (Å²) >= 11 is 3.02. The van der Waals surface area contributed by atoms with E-state index in [1.165, 1.54) is 18.2 Å². The third-order valence-corrected chi connectivity index (χ3v) is 2.70. The summed E-state index contributed by atoms with van der Waals surface area (Å²) in [6, 6.07) is 3.63. The first kappa shape index (κ1) is 16.4. The topological polar surface area (TPSA) is 84.3 Å². The van der Waals surface area contributed by atoms with Crippen molar-refractivity contribution in [2.45, 2.75) is 6.18 Å². The molecule has 2 N–H and O–H groups in total. The average molecular weight is 356 g/mol. The number of rotatable bonds is 5. The molecule has 1 rings (SSSR count). The summed E-state index contributed by atoms with van der Waals surface area (Å²) in [5.41, 5.74) is 0.0551. The van der Waals surface area contributed by atoms with Crippen LogP contribution in [0.4, 0.5) is 24.5 Å². The fraction of sp³-hybridized carbons (Fsp3) is 0.300. The van der Waals surface area contributed by atoms with Gasteiger partial charge >= 0.3 is 6.18 Å². The Morgan fingerprint density at radius 3 is 2.55 bits per heavy atom. The van der Waals surface area contributed by atoms with E-state index in [-0.39, 0.29) is 15.8 Å². The highest BCUT2D eigenvalue weighted by atomic mass is 79.9. The van der Waals surface area contributed by atoms with Gasteiger partial charge in [0.1, 0.15) is 0 Å². The van der Waals surface area contributed by atoms with Gasteiger partial charge in [-0.1, -0.05) is 0 Å². The third kappa shape index (κ3) is 5.53. The molecule has 0 saturated heterocycles. The van der Waals surface area contributed by atoms with E-state index in [0.29, 0.717) is 0 Å². The van der Waals surface area contributed by atoms with Gasteiger partial charge in [0.2, 0.25) is 5.91 Å². The highest BCUT2D eigenvalue weighted by molar-refractivity contribution is 9.10. The molecule has 0 aliphatic carbocycles. The van der Waals surface area contributed by atoms with E-state index in [0.717, 1.165) is 0 Å². The number of halogens is 4. The largest absolute Gasteiger partial charge is 0.401 e. The number of benzene rings is 1.